The van der Waals surface area contributed by atoms with Gasteiger partial charge < -0.3 is 19.4 Å². The first kappa shape index (κ1) is 20.8. The lowest BCUT2D eigenvalue weighted by atomic mass is 10.1. The lowest BCUT2D eigenvalue weighted by Crippen LogP contribution is -2.29. The Balaban J connectivity index is 1.52. The van der Waals surface area contributed by atoms with Gasteiger partial charge in [-0.15, -0.1) is 0 Å². The molecule has 0 amide bonds. The fraction of sp³-hybridized carbons (Fsp3) is 0.185. The zero-order chi connectivity index (χ0) is 22.6. The number of fused-ring (bicyclic) bond motifs is 2. The molecular formula is C27H24N2O4. The number of benzene rings is 3. The molecule has 6 heteroatoms. The minimum absolute atomic E-state index is 0.0109. The number of rotatable bonds is 7. The normalized spacial score (nSPS) is 12.5. The number of ether oxygens (including phenoxy) is 2. The Morgan fingerprint density at radius 3 is 2.27 bits per heavy atom. The molecule has 0 bridgehead atoms. The molecule has 0 aliphatic carbocycles. The highest BCUT2D eigenvalue weighted by Crippen LogP contribution is 2.34. The summed E-state index contributed by atoms with van der Waals surface area (Å²) in [7, 11) is 0. The predicted molar refractivity (Wildman–Crippen MR) is 128 cm³/mol. The topological polar surface area (TPSA) is 69.6 Å². The molecule has 5 rings (SSSR count). The summed E-state index contributed by atoms with van der Waals surface area (Å²) in [6.45, 7) is 1.27. The van der Waals surface area contributed by atoms with E-state index in [-0.39, 0.29) is 24.3 Å². The molecule has 1 aromatic heterocycles. The van der Waals surface area contributed by atoms with Crippen LogP contribution in [-0.4, -0.2) is 23.6 Å². The molecule has 4 aromatic rings. The highest BCUT2D eigenvalue weighted by molar-refractivity contribution is 5.87. The van der Waals surface area contributed by atoms with Gasteiger partial charge in [-0.25, -0.2) is 0 Å². The highest BCUT2D eigenvalue weighted by Gasteiger charge is 2.18. The Bertz CT molecular complexity index is 1350. The van der Waals surface area contributed by atoms with Crippen LogP contribution < -0.4 is 20.3 Å². The number of Topliss-reactive ketones (excluding diaryl/α,β-unsaturated/α-hetero) is 1. The summed E-state index contributed by atoms with van der Waals surface area (Å²) < 4.78 is 13.0. The summed E-state index contributed by atoms with van der Waals surface area (Å²) in [5, 5.41) is 4.12. The molecule has 0 saturated carbocycles. The number of aromatic nitrogens is 1. The van der Waals surface area contributed by atoms with E-state index in [9.17, 15) is 9.59 Å². The van der Waals surface area contributed by atoms with Gasteiger partial charge in [-0.05, 0) is 29.8 Å². The van der Waals surface area contributed by atoms with Crippen molar-refractivity contribution >= 4 is 22.4 Å². The zero-order valence-corrected chi connectivity index (χ0v) is 18.1. The predicted octanol–water partition coefficient (Wildman–Crippen LogP) is 4.20. The Morgan fingerprint density at radius 1 is 0.879 bits per heavy atom. The SMILES string of the molecule is O=C(Cc1ccccc1)Cn1c(=O)c(CNc2ccccc2)cc2cc3c(cc21)OCCO3. The van der Waals surface area contributed by atoms with Crippen LogP contribution in [0.5, 0.6) is 11.5 Å². The molecular weight excluding hydrogens is 416 g/mol. The first-order valence-electron chi connectivity index (χ1n) is 11.0. The van der Waals surface area contributed by atoms with Gasteiger partial charge in [0.15, 0.2) is 17.3 Å². The molecule has 0 spiro atoms. The molecule has 0 saturated heterocycles. The fourth-order valence-corrected chi connectivity index (χ4v) is 4.07. The molecule has 1 aliphatic rings. The van der Waals surface area contributed by atoms with E-state index >= 15 is 0 Å². The minimum atomic E-state index is -0.191. The average molecular weight is 440 g/mol. The minimum Gasteiger partial charge on any atom is -0.486 e. The molecule has 0 fully saturated rings. The van der Waals surface area contributed by atoms with Crippen molar-refractivity contribution < 1.29 is 14.3 Å². The van der Waals surface area contributed by atoms with Gasteiger partial charge >= 0.3 is 0 Å². The second-order valence-corrected chi connectivity index (χ2v) is 8.04. The summed E-state index contributed by atoms with van der Waals surface area (Å²) >= 11 is 0. The smallest absolute Gasteiger partial charge is 0.256 e. The number of anilines is 1. The molecule has 166 valence electrons. The van der Waals surface area contributed by atoms with Gasteiger partial charge in [0, 0.05) is 35.7 Å². The Labute approximate surface area is 191 Å². The molecule has 33 heavy (non-hydrogen) atoms. The van der Waals surface area contributed by atoms with Crippen molar-refractivity contribution in [3.8, 4) is 11.5 Å². The van der Waals surface area contributed by atoms with Crippen molar-refractivity contribution in [1.82, 2.24) is 4.57 Å². The van der Waals surface area contributed by atoms with Gasteiger partial charge in [-0.3, -0.25) is 9.59 Å². The average Bonchev–Trinajstić information content (AvgIpc) is 2.85. The standard InChI is InChI=1S/C27H24N2O4/c30-23(13-19-7-3-1-4-8-19)18-29-24-16-26-25(32-11-12-33-26)15-20(24)14-21(27(29)31)17-28-22-9-5-2-6-10-22/h1-10,14-16,28H,11-13,17-18H2. The summed E-state index contributed by atoms with van der Waals surface area (Å²) in [6.07, 6.45) is 0.270. The number of nitrogens with one attached hydrogen (secondary N) is 1. The van der Waals surface area contributed by atoms with Gasteiger partial charge in [0.2, 0.25) is 0 Å². The van der Waals surface area contributed by atoms with Crippen LogP contribution in [0.15, 0.2) is 83.7 Å². The van der Waals surface area contributed by atoms with E-state index in [4.69, 9.17) is 9.47 Å². The van der Waals surface area contributed by atoms with Gasteiger partial charge in [-0.1, -0.05) is 48.5 Å². The Morgan fingerprint density at radius 2 is 1.55 bits per heavy atom. The van der Waals surface area contributed by atoms with Crippen LogP contribution in [0.4, 0.5) is 5.69 Å². The number of pyridine rings is 1. The molecule has 1 aliphatic heterocycles. The molecule has 2 heterocycles. The third-order valence-electron chi connectivity index (χ3n) is 5.67. The maximum absolute atomic E-state index is 13.5. The van der Waals surface area contributed by atoms with Crippen molar-refractivity contribution in [3.05, 3.63) is 100 Å². The lowest BCUT2D eigenvalue weighted by Gasteiger charge is -2.21. The van der Waals surface area contributed by atoms with Crippen molar-refractivity contribution in [2.75, 3.05) is 18.5 Å². The molecule has 0 atom stereocenters. The molecule has 1 N–H and O–H groups in total. The number of carbonyl (C=O) groups is 1. The monoisotopic (exact) mass is 440 g/mol. The van der Waals surface area contributed by atoms with E-state index < -0.39 is 0 Å². The van der Waals surface area contributed by atoms with Crippen LogP contribution in [0.3, 0.4) is 0 Å². The van der Waals surface area contributed by atoms with Crippen LogP contribution >= 0.6 is 0 Å². The van der Waals surface area contributed by atoms with E-state index in [1.54, 1.807) is 10.6 Å². The Kier molecular flexibility index (Phi) is 5.81. The second-order valence-electron chi connectivity index (χ2n) is 8.04. The van der Waals surface area contributed by atoms with Crippen molar-refractivity contribution in [2.45, 2.75) is 19.5 Å². The highest BCUT2D eigenvalue weighted by atomic mass is 16.6. The third-order valence-corrected chi connectivity index (χ3v) is 5.67. The third kappa shape index (κ3) is 4.60. The van der Waals surface area contributed by atoms with Crippen molar-refractivity contribution in [2.24, 2.45) is 0 Å². The number of carbonyl (C=O) groups excluding carboxylic acids is 1. The molecule has 3 aromatic carbocycles. The maximum Gasteiger partial charge on any atom is 0.256 e. The number of para-hydroxylation sites is 1. The van der Waals surface area contributed by atoms with Crippen LogP contribution in [0, 0.1) is 0 Å². The van der Waals surface area contributed by atoms with Crippen LogP contribution in [0.2, 0.25) is 0 Å². The zero-order valence-electron chi connectivity index (χ0n) is 18.1. The van der Waals surface area contributed by atoms with Crippen LogP contribution in [0.1, 0.15) is 11.1 Å². The van der Waals surface area contributed by atoms with Gasteiger partial charge in [-0.2, -0.15) is 0 Å². The number of ketones is 1. The lowest BCUT2D eigenvalue weighted by molar-refractivity contribution is -0.119. The molecule has 0 radical (unpaired) electrons. The van der Waals surface area contributed by atoms with Gasteiger partial charge in [0.05, 0.1) is 12.1 Å². The molecule has 6 nitrogen and oxygen atoms in total. The van der Waals surface area contributed by atoms with E-state index in [1.807, 2.05) is 72.8 Å². The number of hydrogen-bond donors (Lipinski definition) is 1. The first-order valence-corrected chi connectivity index (χ1v) is 11.0. The summed E-state index contributed by atoms with van der Waals surface area (Å²) in [5.41, 5.74) is 2.90. The van der Waals surface area contributed by atoms with Crippen molar-refractivity contribution in [1.29, 1.82) is 0 Å². The van der Waals surface area contributed by atoms with Gasteiger partial charge in [0.25, 0.3) is 5.56 Å². The van der Waals surface area contributed by atoms with E-state index in [1.165, 1.54) is 0 Å². The fourth-order valence-electron chi connectivity index (χ4n) is 4.07. The maximum atomic E-state index is 13.5. The molecule has 0 unspecified atom stereocenters. The van der Waals surface area contributed by atoms with Crippen LogP contribution in [-0.2, 0) is 24.3 Å². The summed E-state index contributed by atoms with van der Waals surface area (Å²) in [5.74, 6) is 1.21. The van der Waals surface area contributed by atoms with E-state index in [0.29, 0.717) is 42.3 Å². The quantitative estimate of drug-likeness (QED) is 0.467. The number of hydrogen-bond acceptors (Lipinski definition) is 5. The van der Waals surface area contributed by atoms with Crippen molar-refractivity contribution in [3.63, 3.8) is 0 Å². The van der Waals surface area contributed by atoms with E-state index in [0.717, 1.165) is 16.6 Å². The summed E-state index contributed by atoms with van der Waals surface area (Å²) in [6, 6.07) is 24.8. The van der Waals surface area contributed by atoms with Gasteiger partial charge in [0.1, 0.15) is 13.2 Å². The first-order chi connectivity index (χ1) is 16.2. The summed E-state index contributed by atoms with van der Waals surface area (Å²) in [4.78, 5) is 26.4. The number of nitrogens with zero attached hydrogens (tertiary/aromatic N) is 1. The van der Waals surface area contributed by atoms with E-state index in [2.05, 4.69) is 5.32 Å². The largest absolute Gasteiger partial charge is 0.486 e. The Hall–Kier alpha value is -4.06. The second kappa shape index (κ2) is 9.20. The van der Waals surface area contributed by atoms with Crippen LogP contribution in [0.25, 0.3) is 10.9 Å².